The maximum atomic E-state index is 12.8. The molecule has 1 saturated carbocycles. The molecule has 2 N–H and O–H groups in total. The largest absolute Gasteiger partial charge is 0.320 e. The summed E-state index contributed by atoms with van der Waals surface area (Å²) >= 11 is 0. The van der Waals surface area contributed by atoms with Crippen LogP contribution in [0.4, 0.5) is 0 Å². The molecule has 20 heavy (non-hydrogen) atoms. The van der Waals surface area contributed by atoms with Crippen LogP contribution >= 0.6 is 0 Å². The Hall–Kier alpha value is -1.35. The topological polar surface area (TPSA) is 63.4 Å². The summed E-state index contributed by atoms with van der Waals surface area (Å²) in [6.45, 7) is 0.883. The second-order valence-electron chi connectivity index (χ2n) is 5.41. The number of piperidine rings is 1. The van der Waals surface area contributed by atoms with Crippen molar-refractivity contribution in [2.45, 2.75) is 30.2 Å². The Bertz CT molecular complexity index is 673. The van der Waals surface area contributed by atoms with Crippen LogP contribution in [0.25, 0.3) is 0 Å². The number of benzene rings is 1. The summed E-state index contributed by atoms with van der Waals surface area (Å²) in [7, 11) is -3.44. The van der Waals surface area contributed by atoms with Gasteiger partial charge in [0.15, 0.2) is 0 Å². The third kappa shape index (κ3) is 2.24. The van der Waals surface area contributed by atoms with Gasteiger partial charge in [-0.05, 0) is 37.3 Å². The van der Waals surface area contributed by atoms with Gasteiger partial charge in [-0.2, -0.15) is 4.31 Å². The molecule has 1 aromatic rings. The Morgan fingerprint density at radius 2 is 2.10 bits per heavy atom. The normalized spacial score (nSPS) is 25.4. The molecule has 1 aromatic carbocycles. The first-order valence-electron chi connectivity index (χ1n) is 6.92. The van der Waals surface area contributed by atoms with Crippen molar-refractivity contribution in [3.05, 3.63) is 29.8 Å². The van der Waals surface area contributed by atoms with E-state index in [1.807, 2.05) is 0 Å². The molecule has 2 unspecified atom stereocenters. The minimum atomic E-state index is -3.44. The van der Waals surface area contributed by atoms with E-state index in [0.29, 0.717) is 22.9 Å². The van der Waals surface area contributed by atoms with E-state index >= 15 is 0 Å². The van der Waals surface area contributed by atoms with Crippen LogP contribution in [0.2, 0.25) is 0 Å². The summed E-state index contributed by atoms with van der Waals surface area (Å²) < 4.78 is 27.3. The van der Waals surface area contributed by atoms with Crippen LogP contribution in [0.15, 0.2) is 29.2 Å². The van der Waals surface area contributed by atoms with Crippen LogP contribution in [0, 0.1) is 17.8 Å². The summed E-state index contributed by atoms with van der Waals surface area (Å²) in [5, 5.41) is 0. The lowest BCUT2D eigenvalue weighted by Gasteiger charge is -2.26. The van der Waals surface area contributed by atoms with Crippen molar-refractivity contribution >= 4 is 10.0 Å². The zero-order chi connectivity index (χ0) is 14.2. The lowest BCUT2D eigenvalue weighted by atomic mass is 10.1. The highest BCUT2D eigenvalue weighted by atomic mass is 32.2. The molecule has 2 bridgehead atoms. The highest BCUT2D eigenvalue weighted by Crippen LogP contribution is 2.40. The number of nitrogens with zero attached hydrogens (tertiary/aromatic N) is 1. The number of sulfonamides is 1. The van der Waals surface area contributed by atoms with E-state index in [2.05, 4.69) is 11.8 Å². The first-order chi connectivity index (χ1) is 9.63. The molecule has 5 heteroatoms. The average molecular weight is 290 g/mol. The SMILES string of the molecule is NCC#Cc1ccccc1S(=O)(=O)N1CC2CCC1C2. The quantitative estimate of drug-likeness (QED) is 0.832. The molecule has 1 saturated heterocycles. The summed E-state index contributed by atoms with van der Waals surface area (Å²) in [5.74, 6) is 6.14. The summed E-state index contributed by atoms with van der Waals surface area (Å²) in [5.41, 5.74) is 5.92. The van der Waals surface area contributed by atoms with Crippen LogP contribution in [0.1, 0.15) is 24.8 Å². The fourth-order valence-corrected chi connectivity index (χ4v) is 5.13. The molecule has 0 aromatic heterocycles. The molecule has 4 nitrogen and oxygen atoms in total. The number of hydrogen-bond acceptors (Lipinski definition) is 3. The van der Waals surface area contributed by atoms with Crippen molar-refractivity contribution in [1.82, 2.24) is 4.31 Å². The lowest BCUT2D eigenvalue weighted by molar-refractivity contribution is 0.333. The standard InChI is InChI=1S/C15H18N2O2S/c16-9-3-5-13-4-1-2-6-15(13)20(18,19)17-11-12-7-8-14(17)10-12/h1-2,4,6,12,14H,7-11,16H2. The minimum absolute atomic E-state index is 0.181. The molecular formula is C15H18N2O2S. The van der Waals surface area contributed by atoms with E-state index in [4.69, 9.17) is 5.73 Å². The zero-order valence-corrected chi connectivity index (χ0v) is 12.1. The van der Waals surface area contributed by atoms with Gasteiger partial charge in [0.1, 0.15) is 0 Å². The fourth-order valence-electron chi connectivity index (χ4n) is 3.24. The van der Waals surface area contributed by atoms with Gasteiger partial charge in [-0.3, -0.25) is 0 Å². The minimum Gasteiger partial charge on any atom is -0.320 e. The van der Waals surface area contributed by atoms with Crippen LogP contribution in [0.3, 0.4) is 0 Å². The predicted octanol–water partition coefficient (Wildman–Crippen LogP) is 1.17. The van der Waals surface area contributed by atoms with Gasteiger partial charge in [-0.15, -0.1) is 0 Å². The molecule has 2 aliphatic rings. The Labute approximate surface area is 120 Å². The highest BCUT2D eigenvalue weighted by molar-refractivity contribution is 7.89. The van der Waals surface area contributed by atoms with Crippen LogP contribution in [0.5, 0.6) is 0 Å². The average Bonchev–Trinajstić information content (AvgIpc) is 3.08. The van der Waals surface area contributed by atoms with E-state index in [1.165, 1.54) is 0 Å². The Morgan fingerprint density at radius 1 is 1.30 bits per heavy atom. The highest BCUT2D eigenvalue weighted by Gasteiger charge is 2.44. The van der Waals surface area contributed by atoms with Crippen molar-refractivity contribution in [2.24, 2.45) is 11.7 Å². The monoisotopic (exact) mass is 290 g/mol. The van der Waals surface area contributed by atoms with E-state index in [-0.39, 0.29) is 12.6 Å². The third-order valence-electron chi connectivity index (χ3n) is 4.16. The molecule has 1 aliphatic heterocycles. The molecular weight excluding hydrogens is 272 g/mol. The van der Waals surface area contributed by atoms with Crippen LogP contribution in [-0.2, 0) is 10.0 Å². The Morgan fingerprint density at radius 3 is 2.75 bits per heavy atom. The number of hydrogen-bond donors (Lipinski definition) is 1. The zero-order valence-electron chi connectivity index (χ0n) is 11.2. The molecule has 106 valence electrons. The Balaban J connectivity index is 2.00. The molecule has 2 fully saturated rings. The number of nitrogens with two attached hydrogens (primary N) is 1. The van der Waals surface area contributed by atoms with E-state index < -0.39 is 10.0 Å². The molecule has 0 spiro atoms. The van der Waals surface area contributed by atoms with Crippen LogP contribution in [-0.4, -0.2) is 31.9 Å². The van der Waals surface area contributed by atoms with Gasteiger partial charge in [-0.1, -0.05) is 24.0 Å². The van der Waals surface area contributed by atoms with Gasteiger partial charge in [0.25, 0.3) is 0 Å². The fraction of sp³-hybridized carbons (Fsp3) is 0.467. The second-order valence-corrected chi connectivity index (χ2v) is 7.27. The van der Waals surface area contributed by atoms with Crippen molar-refractivity contribution < 1.29 is 8.42 Å². The maximum Gasteiger partial charge on any atom is 0.244 e. The van der Waals surface area contributed by atoms with Crippen molar-refractivity contribution in [3.63, 3.8) is 0 Å². The molecule has 1 aliphatic carbocycles. The van der Waals surface area contributed by atoms with Gasteiger partial charge in [0.05, 0.1) is 11.4 Å². The first-order valence-corrected chi connectivity index (χ1v) is 8.36. The van der Waals surface area contributed by atoms with E-state index in [1.54, 1.807) is 28.6 Å². The predicted molar refractivity (Wildman–Crippen MR) is 77.4 cm³/mol. The molecule has 0 radical (unpaired) electrons. The molecule has 2 atom stereocenters. The maximum absolute atomic E-state index is 12.8. The van der Waals surface area contributed by atoms with Crippen LogP contribution < -0.4 is 5.73 Å². The molecule has 0 amide bonds. The third-order valence-corrected chi connectivity index (χ3v) is 6.13. The van der Waals surface area contributed by atoms with Crippen molar-refractivity contribution in [1.29, 1.82) is 0 Å². The summed E-state index contributed by atoms with van der Waals surface area (Å²) in [6, 6.07) is 7.11. The van der Waals surface area contributed by atoms with Gasteiger partial charge < -0.3 is 5.73 Å². The van der Waals surface area contributed by atoms with E-state index in [0.717, 1.165) is 19.3 Å². The second kappa shape index (κ2) is 5.21. The van der Waals surface area contributed by atoms with Gasteiger partial charge in [0.2, 0.25) is 10.0 Å². The summed E-state index contributed by atoms with van der Waals surface area (Å²) in [4.78, 5) is 0.313. The van der Waals surface area contributed by atoms with Gasteiger partial charge >= 0.3 is 0 Å². The first kappa shape index (κ1) is 13.6. The van der Waals surface area contributed by atoms with E-state index in [9.17, 15) is 8.42 Å². The van der Waals surface area contributed by atoms with Crippen molar-refractivity contribution in [3.8, 4) is 11.8 Å². The van der Waals surface area contributed by atoms with Gasteiger partial charge in [0, 0.05) is 18.2 Å². The smallest absolute Gasteiger partial charge is 0.244 e. The van der Waals surface area contributed by atoms with Gasteiger partial charge in [-0.25, -0.2) is 8.42 Å². The number of rotatable bonds is 2. The molecule has 1 heterocycles. The Kier molecular flexibility index (Phi) is 3.55. The number of fused-ring (bicyclic) bond motifs is 2. The summed E-state index contributed by atoms with van der Waals surface area (Å²) in [6.07, 6.45) is 3.15. The molecule has 3 rings (SSSR count). The lowest BCUT2D eigenvalue weighted by Crippen LogP contribution is -2.37. The van der Waals surface area contributed by atoms with Crippen molar-refractivity contribution in [2.75, 3.05) is 13.1 Å².